The van der Waals surface area contributed by atoms with Crippen molar-refractivity contribution in [2.24, 2.45) is 10.2 Å². The zero-order chi connectivity index (χ0) is 13.6. The van der Waals surface area contributed by atoms with Gasteiger partial charge in [0.25, 0.3) is 0 Å². The minimum Gasteiger partial charge on any atom is -0.508 e. The number of hydrogen-bond donors (Lipinski definition) is 1. The van der Waals surface area contributed by atoms with Gasteiger partial charge in [0.2, 0.25) is 0 Å². The lowest BCUT2D eigenvalue weighted by atomic mass is 10.3. The summed E-state index contributed by atoms with van der Waals surface area (Å²) < 4.78 is 0. The van der Waals surface area contributed by atoms with Crippen molar-refractivity contribution in [1.82, 2.24) is 0 Å². The number of aromatic hydroxyl groups is 1. The predicted molar refractivity (Wildman–Crippen MR) is 78.5 cm³/mol. The van der Waals surface area contributed by atoms with E-state index < -0.39 is 0 Å². The van der Waals surface area contributed by atoms with Crippen LogP contribution in [-0.2, 0) is 0 Å². The summed E-state index contributed by atoms with van der Waals surface area (Å²) in [7, 11) is 1.66. The maximum absolute atomic E-state index is 8.63. The van der Waals surface area contributed by atoms with Crippen LogP contribution in [0.4, 0.5) is 5.69 Å². The molecule has 18 heavy (non-hydrogen) atoms. The fraction of sp³-hybridized carbons (Fsp3) is 0.200. The molecule has 2 aromatic rings. The van der Waals surface area contributed by atoms with Gasteiger partial charge in [-0.25, -0.2) is 0 Å². The van der Waals surface area contributed by atoms with Gasteiger partial charge < -0.3 is 5.11 Å². The van der Waals surface area contributed by atoms with Crippen LogP contribution in [0.3, 0.4) is 0 Å². The summed E-state index contributed by atoms with van der Waals surface area (Å²) in [6, 6.07) is 18.4. The highest BCUT2D eigenvalue weighted by Crippen LogP contribution is 2.08. The lowest BCUT2D eigenvalue weighted by Crippen LogP contribution is -1.58. The van der Waals surface area contributed by atoms with Crippen molar-refractivity contribution in [2.75, 3.05) is 7.05 Å². The average molecular weight is 246 g/mol. The maximum atomic E-state index is 8.63. The van der Waals surface area contributed by atoms with Crippen molar-refractivity contribution in [3.05, 3.63) is 60.7 Å². The van der Waals surface area contributed by atoms with E-state index in [9.17, 15) is 0 Å². The van der Waals surface area contributed by atoms with Crippen LogP contribution in [-0.4, -0.2) is 12.2 Å². The Kier molecular flexibility index (Phi) is 9.97. The molecule has 2 rings (SSSR count). The average Bonchev–Trinajstić information content (AvgIpc) is 2.44. The van der Waals surface area contributed by atoms with Crippen molar-refractivity contribution in [2.45, 2.75) is 13.8 Å². The van der Waals surface area contributed by atoms with Crippen LogP contribution in [0.25, 0.3) is 0 Å². The van der Waals surface area contributed by atoms with Gasteiger partial charge in [0.05, 0.1) is 5.69 Å². The molecule has 3 heteroatoms. The molecule has 0 unspecified atom stereocenters. The van der Waals surface area contributed by atoms with E-state index in [1.54, 1.807) is 31.3 Å². The minimum absolute atomic E-state index is 0. The second kappa shape index (κ2) is 11.3. The number of phenolic OH excluding ortho intramolecular Hbond substituents is 1. The van der Waals surface area contributed by atoms with Crippen LogP contribution < -0.4 is 0 Å². The van der Waals surface area contributed by atoms with Crippen LogP contribution in [0.15, 0.2) is 70.9 Å². The second-order valence-electron chi connectivity index (χ2n) is 2.97. The summed E-state index contributed by atoms with van der Waals surface area (Å²) >= 11 is 0. The molecule has 0 atom stereocenters. The van der Waals surface area contributed by atoms with E-state index in [2.05, 4.69) is 10.2 Å². The lowest BCUT2D eigenvalue weighted by molar-refractivity contribution is 0.475. The smallest absolute Gasteiger partial charge is 0.115 e. The van der Waals surface area contributed by atoms with Crippen molar-refractivity contribution in [3.63, 3.8) is 0 Å². The number of nitrogens with zero attached hydrogens (tertiary/aromatic N) is 2. The molecule has 0 fully saturated rings. The van der Waals surface area contributed by atoms with Crippen LogP contribution in [0.2, 0.25) is 0 Å². The molecule has 0 saturated carbocycles. The summed E-state index contributed by atoms with van der Waals surface area (Å²) in [4.78, 5) is 0. The number of rotatable bonds is 1. The normalized spacial score (nSPS) is 8.83. The summed E-state index contributed by atoms with van der Waals surface area (Å²) in [6.45, 7) is 4.00. The monoisotopic (exact) mass is 246 g/mol. The van der Waals surface area contributed by atoms with Gasteiger partial charge in [-0.3, -0.25) is 0 Å². The van der Waals surface area contributed by atoms with E-state index in [4.69, 9.17) is 5.11 Å². The summed E-state index contributed by atoms with van der Waals surface area (Å²) in [5.74, 6) is 0.322. The van der Waals surface area contributed by atoms with Gasteiger partial charge >= 0.3 is 0 Å². The molecular formula is C15H22N2O. The van der Waals surface area contributed by atoms with Gasteiger partial charge in [-0.15, -0.1) is 0 Å². The highest BCUT2D eigenvalue weighted by Gasteiger charge is 1.80. The number of azo groups is 1. The Morgan fingerprint density at radius 3 is 1.61 bits per heavy atom. The fourth-order valence-electron chi connectivity index (χ4n) is 1.04. The fourth-order valence-corrected chi connectivity index (χ4v) is 1.04. The van der Waals surface area contributed by atoms with E-state index in [0.29, 0.717) is 5.75 Å². The highest BCUT2D eigenvalue weighted by atomic mass is 16.3. The second-order valence-corrected chi connectivity index (χ2v) is 2.97. The summed E-state index contributed by atoms with van der Waals surface area (Å²) in [5.41, 5.74) is 0.903. The summed E-state index contributed by atoms with van der Waals surface area (Å²) in [6.07, 6.45) is 0. The third kappa shape index (κ3) is 8.05. The van der Waals surface area contributed by atoms with Crippen molar-refractivity contribution >= 4 is 5.69 Å². The zero-order valence-electron chi connectivity index (χ0n) is 11.1. The molecule has 1 N–H and O–H groups in total. The highest BCUT2D eigenvalue weighted by molar-refractivity contribution is 5.34. The maximum Gasteiger partial charge on any atom is 0.115 e. The first kappa shape index (κ1) is 15.8. The molecule has 2 aromatic carbocycles. The number of para-hydroxylation sites is 1. The molecular weight excluding hydrogens is 224 g/mol. The van der Waals surface area contributed by atoms with E-state index in [1.165, 1.54) is 0 Å². The Morgan fingerprint density at radius 2 is 1.28 bits per heavy atom. The molecule has 0 aliphatic rings. The predicted octanol–water partition coefficient (Wildman–Crippen LogP) is 5.06. The molecule has 0 bridgehead atoms. The first-order valence-corrected chi connectivity index (χ1v) is 5.92. The summed E-state index contributed by atoms with van der Waals surface area (Å²) in [5, 5.41) is 16.1. The van der Waals surface area contributed by atoms with Crippen LogP contribution in [0.1, 0.15) is 15.3 Å². The van der Waals surface area contributed by atoms with Crippen molar-refractivity contribution in [3.8, 4) is 5.75 Å². The van der Waals surface area contributed by atoms with Crippen LogP contribution >= 0.6 is 0 Å². The first-order chi connectivity index (χ1) is 8.83. The van der Waals surface area contributed by atoms with Crippen molar-refractivity contribution in [1.29, 1.82) is 0 Å². The van der Waals surface area contributed by atoms with E-state index in [0.717, 1.165) is 5.69 Å². The van der Waals surface area contributed by atoms with E-state index in [1.807, 2.05) is 50.2 Å². The van der Waals surface area contributed by atoms with Crippen LogP contribution in [0.5, 0.6) is 5.75 Å². The van der Waals surface area contributed by atoms with E-state index in [-0.39, 0.29) is 1.43 Å². The molecule has 0 heterocycles. The SMILES string of the molecule is CC.CN=Nc1ccccc1.Oc1ccccc1.[HH]. The molecule has 3 nitrogen and oxygen atoms in total. The van der Waals surface area contributed by atoms with Gasteiger partial charge in [-0.05, 0) is 24.3 Å². The minimum atomic E-state index is 0. The molecule has 0 aliphatic carbocycles. The quantitative estimate of drug-likeness (QED) is 0.702. The van der Waals surface area contributed by atoms with E-state index >= 15 is 0 Å². The topological polar surface area (TPSA) is 45.0 Å². The van der Waals surface area contributed by atoms with Gasteiger partial charge in [0, 0.05) is 8.47 Å². The lowest BCUT2D eigenvalue weighted by Gasteiger charge is -1.85. The molecule has 0 spiro atoms. The third-order valence-corrected chi connectivity index (χ3v) is 1.73. The molecule has 0 radical (unpaired) electrons. The molecule has 0 amide bonds. The van der Waals surface area contributed by atoms with Crippen LogP contribution in [0, 0.1) is 0 Å². The Balaban J connectivity index is 0. The first-order valence-electron chi connectivity index (χ1n) is 5.92. The molecule has 0 aromatic heterocycles. The number of phenols is 1. The molecule has 0 saturated heterocycles. The number of benzene rings is 2. The standard InChI is InChI=1S/C7H8N2.C6H6O.C2H6.H2/c1-8-9-7-5-3-2-4-6-7;7-6-4-2-1-3-5-6;1-2;/h2-6H,1H3;1-5,7H;1-2H3;1H. The zero-order valence-corrected chi connectivity index (χ0v) is 11.1. The van der Waals surface area contributed by atoms with Gasteiger partial charge in [-0.1, -0.05) is 50.2 Å². The Labute approximate surface area is 110 Å². The largest absolute Gasteiger partial charge is 0.508 e. The van der Waals surface area contributed by atoms with Gasteiger partial charge in [0.1, 0.15) is 5.75 Å². The van der Waals surface area contributed by atoms with Crippen molar-refractivity contribution < 1.29 is 6.53 Å². The Morgan fingerprint density at radius 1 is 0.833 bits per heavy atom. The Bertz CT molecular complexity index is 419. The van der Waals surface area contributed by atoms with Gasteiger partial charge in [-0.2, -0.15) is 10.2 Å². The Hall–Kier alpha value is -2.16. The molecule has 0 aliphatic heterocycles. The molecule has 98 valence electrons. The number of hydrogen-bond acceptors (Lipinski definition) is 3. The van der Waals surface area contributed by atoms with Gasteiger partial charge in [0.15, 0.2) is 0 Å². The third-order valence-electron chi connectivity index (χ3n) is 1.73.